The van der Waals surface area contributed by atoms with Crippen LogP contribution in [0.15, 0.2) is 23.1 Å². The lowest BCUT2D eigenvalue weighted by Crippen LogP contribution is -2.11. The number of anilines is 1. The maximum atomic E-state index is 12.1. The van der Waals surface area contributed by atoms with E-state index in [0.717, 1.165) is 18.2 Å². The minimum absolute atomic E-state index is 0.0632. The summed E-state index contributed by atoms with van der Waals surface area (Å²) < 4.78 is 46.0. The second-order valence-corrected chi connectivity index (χ2v) is 4.81. The van der Waals surface area contributed by atoms with Crippen LogP contribution in [0.2, 0.25) is 5.02 Å². The summed E-state index contributed by atoms with van der Waals surface area (Å²) in [5.74, 6) is -3.46. The van der Waals surface area contributed by atoms with Crippen molar-refractivity contribution in [2.75, 3.05) is 5.73 Å². The Balaban J connectivity index is 3.29. The van der Waals surface area contributed by atoms with Gasteiger partial charge < -0.3 is 5.73 Å². The summed E-state index contributed by atoms with van der Waals surface area (Å²) in [6, 6.07) is 3.05. The summed E-state index contributed by atoms with van der Waals surface area (Å²) in [5.41, 5.74) is 5.43. The lowest BCUT2D eigenvalue weighted by Gasteiger charge is -2.04. The van der Waals surface area contributed by atoms with Crippen molar-refractivity contribution in [3.05, 3.63) is 23.2 Å². The normalized spacial score (nSPS) is 12.0. The van der Waals surface area contributed by atoms with Gasteiger partial charge in [-0.3, -0.25) is 0 Å². The number of alkyl halides is 2. The van der Waals surface area contributed by atoms with Crippen LogP contribution in [0.4, 0.5) is 14.5 Å². The molecule has 0 spiro atoms. The summed E-state index contributed by atoms with van der Waals surface area (Å²) in [7, 11) is -4.59. The Morgan fingerprint density at radius 2 is 1.93 bits per heavy atom. The highest BCUT2D eigenvalue weighted by Gasteiger charge is 2.26. The Morgan fingerprint density at radius 3 is 2.36 bits per heavy atom. The molecule has 2 N–H and O–H groups in total. The minimum atomic E-state index is -4.59. The number of sulfone groups is 1. The first-order chi connectivity index (χ1) is 6.35. The predicted molar refractivity (Wildman–Crippen MR) is 49.1 cm³/mol. The van der Waals surface area contributed by atoms with E-state index < -0.39 is 20.5 Å². The average Bonchev–Trinajstić information content (AvgIpc) is 2.09. The van der Waals surface area contributed by atoms with Crippen LogP contribution in [0.1, 0.15) is 0 Å². The van der Waals surface area contributed by atoms with Crippen molar-refractivity contribution in [3.8, 4) is 0 Å². The number of nitrogens with two attached hydrogens (primary N) is 1. The molecule has 0 aliphatic carbocycles. The molecule has 1 aromatic carbocycles. The van der Waals surface area contributed by atoms with Crippen LogP contribution in [0.5, 0.6) is 0 Å². The largest absolute Gasteiger partial charge is 0.398 e. The summed E-state index contributed by atoms with van der Waals surface area (Å²) in [6.07, 6.45) is 0. The Morgan fingerprint density at radius 1 is 1.36 bits per heavy atom. The van der Waals surface area contributed by atoms with Crippen LogP contribution in [0, 0.1) is 0 Å². The van der Waals surface area contributed by atoms with Gasteiger partial charge in [0.25, 0.3) is 0 Å². The highest BCUT2D eigenvalue weighted by Crippen LogP contribution is 2.25. The fourth-order valence-corrected chi connectivity index (χ4v) is 1.78. The molecule has 0 bridgehead atoms. The van der Waals surface area contributed by atoms with Crippen molar-refractivity contribution >= 4 is 27.1 Å². The highest BCUT2D eigenvalue weighted by atomic mass is 35.5. The van der Waals surface area contributed by atoms with Gasteiger partial charge in [-0.25, -0.2) is 8.42 Å². The minimum Gasteiger partial charge on any atom is -0.398 e. The van der Waals surface area contributed by atoms with Gasteiger partial charge in [0.05, 0.1) is 15.6 Å². The van der Waals surface area contributed by atoms with Crippen molar-refractivity contribution in [3.63, 3.8) is 0 Å². The zero-order chi connectivity index (χ0) is 10.9. The van der Waals surface area contributed by atoms with Crippen LogP contribution in [-0.4, -0.2) is 14.2 Å². The molecule has 0 saturated heterocycles. The lowest BCUT2D eigenvalue weighted by atomic mass is 10.3. The molecule has 78 valence electrons. The molecule has 0 aliphatic heterocycles. The molecule has 7 heteroatoms. The quantitative estimate of drug-likeness (QED) is 0.805. The molecule has 0 aromatic heterocycles. The fourth-order valence-electron chi connectivity index (χ4n) is 0.788. The average molecular weight is 242 g/mol. The van der Waals surface area contributed by atoms with Crippen LogP contribution < -0.4 is 5.73 Å². The van der Waals surface area contributed by atoms with Gasteiger partial charge >= 0.3 is 5.76 Å². The molecule has 0 unspecified atom stereocenters. The van der Waals surface area contributed by atoms with E-state index in [1.807, 2.05) is 0 Å². The van der Waals surface area contributed by atoms with Crippen molar-refractivity contribution in [1.29, 1.82) is 0 Å². The van der Waals surface area contributed by atoms with Gasteiger partial charge in [-0.1, -0.05) is 11.6 Å². The Hall–Kier alpha value is -0.880. The number of nitrogen functional groups attached to an aromatic ring is 1. The summed E-state index contributed by atoms with van der Waals surface area (Å²) >= 11 is 5.49. The van der Waals surface area contributed by atoms with Gasteiger partial charge in [0.15, 0.2) is 0 Å². The first kappa shape index (κ1) is 11.2. The van der Waals surface area contributed by atoms with Crippen molar-refractivity contribution < 1.29 is 17.2 Å². The van der Waals surface area contributed by atoms with Gasteiger partial charge in [-0.2, -0.15) is 8.78 Å². The van der Waals surface area contributed by atoms with Crippen LogP contribution >= 0.6 is 11.6 Å². The molecule has 14 heavy (non-hydrogen) atoms. The molecule has 0 aliphatic rings. The number of benzene rings is 1. The second-order valence-electron chi connectivity index (χ2n) is 2.49. The molecule has 0 radical (unpaired) electrons. The molecule has 0 atom stereocenters. The third-order valence-electron chi connectivity index (χ3n) is 1.54. The molecule has 0 amide bonds. The van der Waals surface area contributed by atoms with E-state index in [4.69, 9.17) is 17.3 Å². The Kier molecular flexibility index (Phi) is 2.96. The van der Waals surface area contributed by atoms with Crippen LogP contribution in [0.25, 0.3) is 0 Å². The van der Waals surface area contributed by atoms with E-state index >= 15 is 0 Å². The zero-order valence-electron chi connectivity index (χ0n) is 6.75. The maximum absolute atomic E-state index is 12.1. The van der Waals surface area contributed by atoms with Gasteiger partial charge in [0.1, 0.15) is 0 Å². The molecule has 0 heterocycles. The van der Waals surface area contributed by atoms with Gasteiger partial charge in [-0.05, 0) is 18.2 Å². The molecular weight excluding hydrogens is 236 g/mol. The number of hydrogen-bond acceptors (Lipinski definition) is 3. The molecular formula is C7H6ClF2NO2S. The smallest absolute Gasteiger partial charge is 0.341 e. The first-order valence-corrected chi connectivity index (χ1v) is 5.35. The molecule has 1 rings (SSSR count). The third kappa shape index (κ3) is 1.96. The Bertz CT molecular complexity index is 447. The monoisotopic (exact) mass is 241 g/mol. The molecule has 3 nitrogen and oxygen atoms in total. The molecule has 0 saturated carbocycles. The van der Waals surface area contributed by atoms with Crippen LogP contribution in [-0.2, 0) is 9.84 Å². The number of hydrogen-bond donors (Lipinski definition) is 1. The lowest BCUT2D eigenvalue weighted by molar-refractivity contribution is 0.234. The highest BCUT2D eigenvalue weighted by molar-refractivity contribution is 7.91. The van der Waals surface area contributed by atoms with E-state index in [2.05, 4.69) is 0 Å². The second kappa shape index (κ2) is 3.70. The fraction of sp³-hybridized carbons (Fsp3) is 0.143. The van der Waals surface area contributed by atoms with Gasteiger partial charge in [-0.15, -0.1) is 0 Å². The maximum Gasteiger partial charge on any atom is 0.341 e. The predicted octanol–water partition coefficient (Wildman–Crippen LogP) is 1.92. The van der Waals surface area contributed by atoms with Gasteiger partial charge in [0.2, 0.25) is 9.84 Å². The van der Waals surface area contributed by atoms with E-state index in [9.17, 15) is 17.2 Å². The van der Waals surface area contributed by atoms with Gasteiger partial charge in [0, 0.05) is 0 Å². The summed E-state index contributed by atoms with van der Waals surface area (Å²) in [5, 5.41) is -0.0632. The SMILES string of the molecule is Nc1ccc(S(=O)(=O)C(F)F)cc1Cl. The van der Waals surface area contributed by atoms with Crippen molar-refractivity contribution in [2.24, 2.45) is 0 Å². The number of rotatable bonds is 2. The van der Waals surface area contributed by atoms with E-state index in [1.54, 1.807) is 0 Å². The van der Waals surface area contributed by atoms with Crippen LogP contribution in [0.3, 0.4) is 0 Å². The topological polar surface area (TPSA) is 60.2 Å². The van der Waals surface area contributed by atoms with Crippen molar-refractivity contribution in [2.45, 2.75) is 10.7 Å². The number of halogens is 3. The molecule has 0 fully saturated rings. The zero-order valence-corrected chi connectivity index (χ0v) is 8.32. The first-order valence-electron chi connectivity index (χ1n) is 3.43. The standard InChI is InChI=1S/C7H6ClF2NO2S/c8-5-3-4(1-2-6(5)11)14(12,13)7(9)10/h1-3,7H,11H2. The summed E-state index contributed by atoms with van der Waals surface area (Å²) in [4.78, 5) is -0.535. The van der Waals surface area contributed by atoms with E-state index in [-0.39, 0.29) is 10.7 Å². The Labute approximate surface area is 84.4 Å². The third-order valence-corrected chi connectivity index (χ3v) is 3.24. The van der Waals surface area contributed by atoms with E-state index in [1.165, 1.54) is 0 Å². The summed E-state index contributed by atoms with van der Waals surface area (Å²) in [6.45, 7) is 0. The van der Waals surface area contributed by atoms with Crippen molar-refractivity contribution in [1.82, 2.24) is 0 Å². The van der Waals surface area contributed by atoms with E-state index in [0.29, 0.717) is 0 Å². The molecule has 1 aromatic rings.